The van der Waals surface area contributed by atoms with Gasteiger partial charge in [-0.1, -0.05) is 30.9 Å². The Labute approximate surface area is 91.4 Å². The van der Waals surface area contributed by atoms with Crippen LogP contribution in [-0.2, 0) is 0 Å². The molecule has 2 N–H and O–H groups in total. The summed E-state index contributed by atoms with van der Waals surface area (Å²) in [6.07, 6.45) is 0.865. The van der Waals surface area contributed by atoms with E-state index in [4.69, 9.17) is 10.5 Å². The van der Waals surface area contributed by atoms with Crippen molar-refractivity contribution in [3.63, 3.8) is 0 Å². The third-order valence-corrected chi connectivity index (χ3v) is 2.02. The highest BCUT2D eigenvalue weighted by Gasteiger charge is 1.98. The lowest BCUT2D eigenvalue weighted by molar-refractivity contribution is 0.339. The fraction of sp³-hybridized carbons (Fsp3) is 0.385. The van der Waals surface area contributed by atoms with Gasteiger partial charge in [-0.15, -0.1) is 0 Å². The summed E-state index contributed by atoms with van der Waals surface area (Å²) in [6, 6.07) is 7.70. The summed E-state index contributed by atoms with van der Waals surface area (Å²) in [7, 11) is 0. The first-order chi connectivity index (χ1) is 7.27. The van der Waals surface area contributed by atoms with Gasteiger partial charge in [-0.2, -0.15) is 0 Å². The molecule has 1 aromatic carbocycles. The van der Waals surface area contributed by atoms with Crippen LogP contribution in [0.2, 0.25) is 0 Å². The van der Waals surface area contributed by atoms with Crippen molar-refractivity contribution >= 4 is 0 Å². The lowest BCUT2D eigenvalue weighted by Crippen LogP contribution is -2.15. The van der Waals surface area contributed by atoms with Crippen molar-refractivity contribution in [2.45, 2.75) is 26.3 Å². The molecule has 0 aliphatic heterocycles. The van der Waals surface area contributed by atoms with Crippen molar-refractivity contribution < 1.29 is 4.74 Å². The van der Waals surface area contributed by atoms with Crippen molar-refractivity contribution in [2.75, 3.05) is 6.61 Å². The van der Waals surface area contributed by atoms with Gasteiger partial charge in [-0.3, -0.25) is 0 Å². The SMILES string of the molecule is CCOc1ccccc1C#CC(N)CC. The molecule has 1 aromatic rings. The monoisotopic (exact) mass is 203 g/mol. The van der Waals surface area contributed by atoms with E-state index in [1.54, 1.807) is 0 Å². The molecule has 0 heterocycles. The Morgan fingerprint density at radius 3 is 2.73 bits per heavy atom. The maximum atomic E-state index is 5.73. The van der Waals surface area contributed by atoms with Gasteiger partial charge in [-0.25, -0.2) is 0 Å². The molecule has 0 saturated heterocycles. The van der Waals surface area contributed by atoms with Gasteiger partial charge in [0.25, 0.3) is 0 Å². The van der Waals surface area contributed by atoms with Crippen LogP contribution in [0.4, 0.5) is 0 Å². The molecule has 0 aliphatic rings. The first-order valence-electron chi connectivity index (χ1n) is 5.26. The topological polar surface area (TPSA) is 35.2 Å². The van der Waals surface area contributed by atoms with E-state index in [0.29, 0.717) is 6.61 Å². The molecule has 0 aliphatic carbocycles. The lowest BCUT2D eigenvalue weighted by Gasteiger charge is -2.04. The van der Waals surface area contributed by atoms with Gasteiger partial charge >= 0.3 is 0 Å². The average Bonchev–Trinajstić information content (AvgIpc) is 2.28. The summed E-state index contributed by atoms with van der Waals surface area (Å²) >= 11 is 0. The highest BCUT2D eigenvalue weighted by molar-refractivity contribution is 5.46. The van der Waals surface area contributed by atoms with Crippen LogP contribution in [0.25, 0.3) is 0 Å². The number of benzene rings is 1. The highest BCUT2D eigenvalue weighted by atomic mass is 16.5. The largest absolute Gasteiger partial charge is 0.493 e. The van der Waals surface area contributed by atoms with E-state index >= 15 is 0 Å². The van der Waals surface area contributed by atoms with Crippen LogP contribution in [0.15, 0.2) is 24.3 Å². The summed E-state index contributed by atoms with van der Waals surface area (Å²) < 4.78 is 5.46. The number of hydrogen-bond acceptors (Lipinski definition) is 2. The minimum absolute atomic E-state index is 0.0558. The van der Waals surface area contributed by atoms with Gasteiger partial charge in [0.1, 0.15) is 5.75 Å². The molecule has 0 aromatic heterocycles. The summed E-state index contributed by atoms with van der Waals surface area (Å²) in [6.45, 7) is 4.63. The summed E-state index contributed by atoms with van der Waals surface area (Å²) in [5.41, 5.74) is 6.64. The predicted molar refractivity (Wildman–Crippen MR) is 62.8 cm³/mol. The molecule has 80 valence electrons. The first-order valence-corrected chi connectivity index (χ1v) is 5.26. The van der Waals surface area contributed by atoms with Crippen LogP contribution in [0.5, 0.6) is 5.75 Å². The Kier molecular flexibility index (Phi) is 4.73. The van der Waals surface area contributed by atoms with Gasteiger partial charge in [0.2, 0.25) is 0 Å². The molecule has 0 radical (unpaired) electrons. The van der Waals surface area contributed by atoms with Crippen LogP contribution in [0, 0.1) is 11.8 Å². The van der Waals surface area contributed by atoms with Gasteiger partial charge in [0.15, 0.2) is 0 Å². The maximum absolute atomic E-state index is 5.73. The fourth-order valence-electron chi connectivity index (χ4n) is 1.12. The number of nitrogens with two attached hydrogens (primary N) is 1. The first kappa shape index (κ1) is 11.6. The fourth-order valence-corrected chi connectivity index (χ4v) is 1.12. The Balaban J connectivity index is 2.86. The van der Waals surface area contributed by atoms with E-state index in [1.165, 1.54) is 0 Å². The summed E-state index contributed by atoms with van der Waals surface area (Å²) in [5, 5.41) is 0. The van der Waals surface area contributed by atoms with Gasteiger partial charge in [-0.05, 0) is 25.5 Å². The second-order valence-corrected chi connectivity index (χ2v) is 3.21. The molecule has 1 atom stereocenters. The molecular weight excluding hydrogens is 186 g/mol. The molecule has 1 unspecified atom stereocenters. The van der Waals surface area contributed by atoms with Gasteiger partial charge < -0.3 is 10.5 Å². The van der Waals surface area contributed by atoms with E-state index in [2.05, 4.69) is 11.8 Å². The van der Waals surface area contributed by atoms with Crippen LogP contribution in [-0.4, -0.2) is 12.6 Å². The van der Waals surface area contributed by atoms with Gasteiger partial charge in [0, 0.05) is 0 Å². The molecule has 2 nitrogen and oxygen atoms in total. The normalized spacial score (nSPS) is 11.4. The summed E-state index contributed by atoms with van der Waals surface area (Å²) in [4.78, 5) is 0. The zero-order chi connectivity index (χ0) is 11.1. The van der Waals surface area contributed by atoms with Crippen LogP contribution in [0.3, 0.4) is 0 Å². The maximum Gasteiger partial charge on any atom is 0.134 e. The molecule has 2 heteroatoms. The smallest absolute Gasteiger partial charge is 0.134 e. The standard InChI is InChI=1S/C13H17NO/c1-3-12(14)10-9-11-7-5-6-8-13(11)15-4-2/h5-8,12H,3-4,14H2,1-2H3. The van der Waals surface area contributed by atoms with Crippen LogP contribution < -0.4 is 10.5 Å². The van der Waals surface area contributed by atoms with Crippen molar-refractivity contribution in [1.82, 2.24) is 0 Å². The molecule has 0 saturated carbocycles. The molecule has 0 amide bonds. The van der Waals surface area contributed by atoms with E-state index in [9.17, 15) is 0 Å². The van der Waals surface area contributed by atoms with Crippen molar-refractivity contribution in [2.24, 2.45) is 5.73 Å². The molecular formula is C13H17NO. The number of hydrogen-bond donors (Lipinski definition) is 1. The molecule has 0 bridgehead atoms. The Bertz CT molecular complexity index is 362. The number of para-hydroxylation sites is 1. The zero-order valence-corrected chi connectivity index (χ0v) is 9.29. The van der Waals surface area contributed by atoms with Crippen molar-refractivity contribution in [1.29, 1.82) is 0 Å². The lowest BCUT2D eigenvalue weighted by atomic mass is 10.2. The second kappa shape index (κ2) is 6.10. The Morgan fingerprint density at radius 1 is 1.33 bits per heavy atom. The quantitative estimate of drug-likeness (QED) is 0.764. The number of rotatable bonds is 3. The van der Waals surface area contributed by atoms with E-state index < -0.39 is 0 Å². The summed E-state index contributed by atoms with van der Waals surface area (Å²) in [5.74, 6) is 6.87. The molecule has 0 spiro atoms. The minimum Gasteiger partial charge on any atom is -0.493 e. The van der Waals surface area contributed by atoms with E-state index in [1.807, 2.05) is 38.1 Å². The molecule has 1 rings (SSSR count). The van der Waals surface area contributed by atoms with Crippen LogP contribution in [0.1, 0.15) is 25.8 Å². The number of ether oxygens (including phenoxy) is 1. The van der Waals surface area contributed by atoms with Crippen LogP contribution >= 0.6 is 0 Å². The Morgan fingerprint density at radius 2 is 2.07 bits per heavy atom. The molecule has 15 heavy (non-hydrogen) atoms. The Hall–Kier alpha value is -1.46. The second-order valence-electron chi connectivity index (χ2n) is 3.21. The van der Waals surface area contributed by atoms with E-state index in [0.717, 1.165) is 17.7 Å². The predicted octanol–water partition coefficient (Wildman–Crippen LogP) is 2.17. The highest BCUT2D eigenvalue weighted by Crippen LogP contribution is 2.16. The third kappa shape index (κ3) is 3.65. The minimum atomic E-state index is -0.0558. The molecule has 0 fully saturated rings. The van der Waals surface area contributed by atoms with Gasteiger partial charge in [0.05, 0.1) is 18.2 Å². The average molecular weight is 203 g/mol. The zero-order valence-electron chi connectivity index (χ0n) is 9.29. The van der Waals surface area contributed by atoms with Crippen molar-refractivity contribution in [3.8, 4) is 17.6 Å². The third-order valence-electron chi connectivity index (χ3n) is 2.02. The van der Waals surface area contributed by atoms with E-state index in [-0.39, 0.29) is 6.04 Å². The van der Waals surface area contributed by atoms with Crippen molar-refractivity contribution in [3.05, 3.63) is 29.8 Å².